The third-order valence-electron chi connectivity index (χ3n) is 3.79. The smallest absolute Gasteiger partial charge is 0.403 e. The number of hydrogen-bond acceptors (Lipinski definition) is 2. The second-order valence-corrected chi connectivity index (χ2v) is 5.50. The van der Waals surface area contributed by atoms with E-state index in [1.54, 1.807) is 0 Å². The predicted octanol–water partition coefficient (Wildman–Crippen LogP) is 2.49. The maximum absolute atomic E-state index is 5.94. The molecule has 2 fully saturated rings. The Balaban J connectivity index is 2.07. The molecule has 0 amide bonds. The zero-order chi connectivity index (χ0) is 9.85. The Kier molecular flexibility index (Phi) is 1.84. The van der Waals surface area contributed by atoms with Crippen LogP contribution in [0.25, 0.3) is 0 Å². The van der Waals surface area contributed by atoms with E-state index in [0.717, 1.165) is 5.92 Å². The lowest BCUT2D eigenvalue weighted by Crippen LogP contribution is -2.41. The third-order valence-corrected chi connectivity index (χ3v) is 3.79. The second kappa shape index (κ2) is 2.51. The van der Waals surface area contributed by atoms with Crippen molar-refractivity contribution in [1.82, 2.24) is 0 Å². The Morgan fingerprint density at radius 2 is 1.46 bits per heavy atom. The maximum Gasteiger partial charge on any atom is 0.461 e. The zero-order valence-corrected chi connectivity index (χ0v) is 9.26. The summed E-state index contributed by atoms with van der Waals surface area (Å²) in [7, 11) is 0.0417. The van der Waals surface area contributed by atoms with Crippen molar-refractivity contribution in [3.05, 3.63) is 0 Å². The quantitative estimate of drug-likeness (QED) is 0.580. The van der Waals surface area contributed by atoms with Crippen molar-refractivity contribution in [2.75, 3.05) is 0 Å². The molecule has 3 heteroatoms. The second-order valence-electron chi connectivity index (χ2n) is 5.50. The molecule has 0 bridgehead atoms. The van der Waals surface area contributed by atoms with Crippen LogP contribution in [0.5, 0.6) is 0 Å². The van der Waals surface area contributed by atoms with Gasteiger partial charge in [-0.05, 0) is 45.9 Å². The van der Waals surface area contributed by atoms with Crippen molar-refractivity contribution in [2.24, 2.45) is 5.92 Å². The van der Waals surface area contributed by atoms with Crippen LogP contribution in [-0.2, 0) is 9.31 Å². The molecule has 1 aliphatic carbocycles. The van der Waals surface area contributed by atoms with E-state index in [2.05, 4.69) is 34.6 Å². The topological polar surface area (TPSA) is 18.5 Å². The predicted molar refractivity (Wildman–Crippen MR) is 53.6 cm³/mol. The highest BCUT2D eigenvalue weighted by Crippen LogP contribution is 2.52. The summed E-state index contributed by atoms with van der Waals surface area (Å²) in [6.45, 7) is 10.7. The van der Waals surface area contributed by atoms with Crippen LogP contribution >= 0.6 is 0 Å². The molecule has 2 nitrogen and oxygen atoms in total. The van der Waals surface area contributed by atoms with Crippen LogP contribution in [0.2, 0.25) is 5.82 Å². The summed E-state index contributed by atoms with van der Waals surface area (Å²) in [6, 6.07) is 0. The van der Waals surface area contributed by atoms with Crippen LogP contribution in [0.15, 0.2) is 0 Å². The molecule has 2 aliphatic rings. The number of hydrogen-bond donors (Lipinski definition) is 0. The lowest BCUT2D eigenvalue weighted by molar-refractivity contribution is 0.00578. The molecule has 1 heterocycles. The highest BCUT2D eigenvalue weighted by Gasteiger charge is 2.58. The van der Waals surface area contributed by atoms with Gasteiger partial charge < -0.3 is 9.31 Å². The maximum atomic E-state index is 5.94. The molecule has 2 unspecified atom stereocenters. The van der Waals surface area contributed by atoms with E-state index >= 15 is 0 Å². The van der Waals surface area contributed by atoms with E-state index in [1.165, 1.54) is 6.42 Å². The first-order chi connectivity index (χ1) is 5.83. The molecule has 0 spiro atoms. The fourth-order valence-electron chi connectivity index (χ4n) is 1.79. The van der Waals surface area contributed by atoms with Crippen LogP contribution in [0.1, 0.15) is 41.0 Å². The first-order valence-corrected chi connectivity index (χ1v) is 5.19. The molecule has 74 valence electrons. The molecule has 1 saturated carbocycles. The van der Waals surface area contributed by atoms with Gasteiger partial charge in [-0.2, -0.15) is 0 Å². The molecule has 0 N–H and O–H groups in total. The van der Waals surface area contributed by atoms with Gasteiger partial charge in [0.15, 0.2) is 0 Å². The Labute approximate surface area is 81.1 Å². The summed E-state index contributed by atoms with van der Waals surface area (Å²) in [5.74, 6) is 1.43. The Hall–Kier alpha value is -0.0151. The van der Waals surface area contributed by atoms with Gasteiger partial charge in [0.25, 0.3) is 0 Å². The minimum atomic E-state index is -0.153. The molecule has 0 aromatic heterocycles. The van der Waals surface area contributed by atoms with Crippen molar-refractivity contribution in [2.45, 2.75) is 58.1 Å². The van der Waals surface area contributed by atoms with Crippen LogP contribution in [0, 0.1) is 5.92 Å². The van der Waals surface area contributed by atoms with E-state index < -0.39 is 0 Å². The third kappa shape index (κ3) is 1.42. The van der Waals surface area contributed by atoms with Gasteiger partial charge in [-0.25, -0.2) is 0 Å². The van der Waals surface area contributed by atoms with Crippen molar-refractivity contribution < 1.29 is 9.31 Å². The summed E-state index contributed by atoms with van der Waals surface area (Å²) in [5.41, 5.74) is -0.306. The number of rotatable bonds is 1. The highest BCUT2D eigenvalue weighted by atomic mass is 16.7. The minimum Gasteiger partial charge on any atom is -0.403 e. The fourth-order valence-corrected chi connectivity index (χ4v) is 1.79. The van der Waals surface area contributed by atoms with E-state index in [9.17, 15) is 0 Å². The molecule has 13 heavy (non-hydrogen) atoms. The van der Waals surface area contributed by atoms with Crippen molar-refractivity contribution >= 4 is 7.12 Å². The van der Waals surface area contributed by atoms with Crippen LogP contribution in [0.3, 0.4) is 0 Å². The summed E-state index contributed by atoms with van der Waals surface area (Å²) in [4.78, 5) is 0. The molecule has 0 radical (unpaired) electrons. The van der Waals surface area contributed by atoms with Gasteiger partial charge >= 0.3 is 7.12 Å². The van der Waals surface area contributed by atoms with Crippen molar-refractivity contribution in [3.8, 4) is 0 Å². The van der Waals surface area contributed by atoms with Gasteiger partial charge in [0.1, 0.15) is 0 Å². The first kappa shape index (κ1) is 9.54. The Morgan fingerprint density at radius 3 is 1.77 bits per heavy atom. The van der Waals surface area contributed by atoms with Gasteiger partial charge in [0.05, 0.1) is 11.2 Å². The average molecular weight is 182 g/mol. The van der Waals surface area contributed by atoms with Gasteiger partial charge in [-0.15, -0.1) is 0 Å². The molecule has 2 atom stereocenters. The van der Waals surface area contributed by atoms with E-state index in [1.807, 2.05) is 0 Å². The van der Waals surface area contributed by atoms with Gasteiger partial charge in [-0.1, -0.05) is 6.92 Å². The summed E-state index contributed by atoms with van der Waals surface area (Å²) in [5, 5.41) is 0. The lowest BCUT2D eigenvalue weighted by atomic mass is 9.81. The lowest BCUT2D eigenvalue weighted by Gasteiger charge is -2.32. The summed E-state index contributed by atoms with van der Waals surface area (Å²) < 4.78 is 11.9. The fraction of sp³-hybridized carbons (Fsp3) is 1.00. The molecular formula is C10H19BO2. The van der Waals surface area contributed by atoms with Crippen LogP contribution < -0.4 is 0 Å². The van der Waals surface area contributed by atoms with Gasteiger partial charge in [0.2, 0.25) is 0 Å². The monoisotopic (exact) mass is 182 g/mol. The first-order valence-electron chi connectivity index (χ1n) is 5.19. The molecule has 0 aromatic carbocycles. The SMILES string of the molecule is CC1CC1B1OC(C)(C)C(C)(C)O1. The standard InChI is InChI=1S/C10H19BO2/c1-7-6-8(7)11-12-9(2,3)10(4,5)13-11/h7-8H,6H2,1-5H3. The molecule has 2 rings (SSSR count). The van der Waals surface area contributed by atoms with E-state index in [-0.39, 0.29) is 18.3 Å². The van der Waals surface area contributed by atoms with E-state index in [0.29, 0.717) is 5.82 Å². The molecule has 1 saturated heterocycles. The zero-order valence-electron chi connectivity index (χ0n) is 9.26. The molecular weight excluding hydrogens is 163 g/mol. The Morgan fingerprint density at radius 1 is 1.08 bits per heavy atom. The average Bonchev–Trinajstić information content (AvgIpc) is 2.58. The Bertz CT molecular complexity index is 209. The molecule has 0 aromatic rings. The molecule has 1 aliphatic heterocycles. The normalized spacial score (nSPS) is 40.8. The van der Waals surface area contributed by atoms with Crippen molar-refractivity contribution in [1.29, 1.82) is 0 Å². The largest absolute Gasteiger partial charge is 0.461 e. The summed E-state index contributed by atoms with van der Waals surface area (Å²) >= 11 is 0. The summed E-state index contributed by atoms with van der Waals surface area (Å²) in [6.07, 6.45) is 1.26. The van der Waals surface area contributed by atoms with Crippen molar-refractivity contribution in [3.63, 3.8) is 0 Å². The van der Waals surface area contributed by atoms with Crippen LogP contribution in [-0.4, -0.2) is 18.3 Å². The van der Waals surface area contributed by atoms with E-state index in [4.69, 9.17) is 9.31 Å². The van der Waals surface area contributed by atoms with Gasteiger partial charge in [-0.3, -0.25) is 0 Å². The minimum absolute atomic E-state index is 0.0417. The van der Waals surface area contributed by atoms with Crippen LogP contribution in [0.4, 0.5) is 0 Å². The highest BCUT2D eigenvalue weighted by molar-refractivity contribution is 6.48. The van der Waals surface area contributed by atoms with Gasteiger partial charge in [0, 0.05) is 0 Å².